The third kappa shape index (κ3) is 4.08. The molecule has 5 aliphatic rings. The normalized spacial score (nSPS) is 24.6. The first-order valence-corrected chi connectivity index (χ1v) is 14.4. The van der Waals surface area contributed by atoms with Crippen LogP contribution in [0.2, 0.25) is 0 Å². The number of rotatable bonds is 3. The smallest absolute Gasteiger partial charge is 0.410 e. The Bertz CT molecular complexity index is 1430. The Hall–Kier alpha value is -3.18. The lowest BCUT2D eigenvalue weighted by molar-refractivity contribution is -0.0266. The zero-order chi connectivity index (χ0) is 28.8. The summed E-state index contributed by atoms with van der Waals surface area (Å²) in [6, 6.07) is 7.18. The van der Waals surface area contributed by atoms with Gasteiger partial charge < -0.3 is 19.6 Å². The van der Waals surface area contributed by atoms with Crippen molar-refractivity contribution in [3.05, 3.63) is 46.4 Å². The molecule has 2 aliphatic heterocycles. The lowest BCUT2D eigenvalue weighted by Crippen LogP contribution is -2.60. The van der Waals surface area contributed by atoms with Gasteiger partial charge in [0.25, 0.3) is 0 Å². The van der Waals surface area contributed by atoms with Crippen LogP contribution in [-0.4, -0.2) is 52.9 Å². The predicted molar refractivity (Wildman–Crippen MR) is 150 cm³/mol. The standard InChI is InChI=1S/C32H39FN4O3/c1-18(38)20-8-7-9-24(33)26(20)25-21-12-19-13-23(31(19,5)6)27(21)35-28(22(25)14-34)36-11-10-32(15-36)16-37(17-32)29(39)40-30(2,3)4/h7-9,18-19,23,38H,10-13,15-17H2,1-6H3/t18?,19-,23-/m0/s1. The molecule has 2 aromatic rings. The van der Waals surface area contributed by atoms with Crippen LogP contribution >= 0.6 is 0 Å². The quantitative estimate of drug-likeness (QED) is 0.512. The minimum absolute atomic E-state index is 0.0784. The number of hydrogen-bond acceptors (Lipinski definition) is 6. The van der Waals surface area contributed by atoms with Crippen molar-refractivity contribution in [1.29, 1.82) is 5.26 Å². The second-order valence-electron chi connectivity index (χ2n) is 14.1. The summed E-state index contributed by atoms with van der Waals surface area (Å²) in [7, 11) is 0. The summed E-state index contributed by atoms with van der Waals surface area (Å²) in [4.78, 5) is 21.7. The summed E-state index contributed by atoms with van der Waals surface area (Å²) in [5.41, 5.74) is 3.20. The molecule has 3 atom stereocenters. The number of carbonyl (C=O) groups is 1. The van der Waals surface area contributed by atoms with Crippen LogP contribution in [0.1, 0.15) is 88.8 Å². The van der Waals surface area contributed by atoms with Gasteiger partial charge in [0.15, 0.2) is 0 Å². The summed E-state index contributed by atoms with van der Waals surface area (Å²) in [5, 5.41) is 21.2. The van der Waals surface area contributed by atoms with E-state index >= 15 is 4.39 Å². The molecule has 2 saturated heterocycles. The van der Waals surface area contributed by atoms with Crippen LogP contribution in [0, 0.1) is 33.9 Å². The molecule has 3 heterocycles. The van der Waals surface area contributed by atoms with Crippen molar-refractivity contribution in [2.75, 3.05) is 31.1 Å². The van der Waals surface area contributed by atoms with Crippen molar-refractivity contribution in [2.24, 2.45) is 16.7 Å². The van der Waals surface area contributed by atoms with Gasteiger partial charge in [0, 0.05) is 48.6 Å². The van der Waals surface area contributed by atoms with Gasteiger partial charge in [-0.25, -0.2) is 14.2 Å². The molecule has 40 heavy (non-hydrogen) atoms. The molecule has 1 aromatic heterocycles. The summed E-state index contributed by atoms with van der Waals surface area (Å²) in [6.45, 7) is 14.4. The van der Waals surface area contributed by atoms with Crippen LogP contribution in [0.3, 0.4) is 0 Å². The van der Waals surface area contributed by atoms with E-state index in [9.17, 15) is 15.2 Å². The Kier molecular flexibility index (Phi) is 6.02. The van der Waals surface area contributed by atoms with Gasteiger partial charge in [-0.15, -0.1) is 0 Å². The molecule has 1 spiro atoms. The van der Waals surface area contributed by atoms with Gasteiger partial charge in [0.2, 0.25) is 0 Å². The number of aromatic nitrogens is 1. The molecular weight excluding hydrogens is 507 g/mol. The second kappa shape index (κ2) is 8.91. The van der Waals surface area contributed by atoms with Gasteiger partial charge in [-0.3, -0.25) is 0 Å². The molecule has 3 aliphatic carbocycles. The molecule has 0 radical (unpaired) electrons. The summed E-state index contributed by atoms with van der Waals surface area (Å²) >= 11 is 0. The maximum Gasteiger partial charge on any atom is 0.410 e. The van der Waals surface area contributed by atoms with E-state index in [1.165, 1.54) is 6.07 Å². The lowest BCUT2D eigenvalue weighted by Gasteiger charge is -2.57. The van der Waals surface area contributed by atoms with Gasteiger partial charge in [-0.05, 0) is 75.5 Å². The van der Waals surface area contributed by atoms with Gasteiger partial charge in [0.1, 0.15) is 28.9 Å². The third-order valence-corrected chi connectivity index (χ3v) is 9.86. The first kappa shape index (κ1) is 27.0. The number of amides is 1. The number of benzene rings is 1. The van der Waals surface area contributed by atoms with Crippen LogP contribution in [-0.2, 0) is 11.2 Å². The lowest BCUT2D eigenvalue weighted by atomic mass is 9.48. The molecule has 212 valence electrons. The number of halogens is 1. The van der Waals surface area contributed by atoms with E-state index in [4.69, 9.17) is 9.72 Å². The highest BCUT2D eigenvalue weighted by atomic mass is 19.1. The van der Waals surface area contributed by atoms with E-state index in [-0.39, 0.29) is 22.8 Å². The number of carbonyl (C=O) groups excluding carboxylic acids is 1. The average molecular weight is 547 g/mol. The molecule has 2 bridgehead atoms. The number of aliphatic hydroxyl groups excluding tert-OH is 1. The summed E-state index contributed by atoms with van der Waals surface area (Å²) in [5.74, 6) is 0.868. The number of aliphatic hydroxyl groups is 1. The third-order valence-electron chi connectivity index (χ3n) is 9.86. The van der Waals surface area contributed by atoms with Gasteiger partial charge in [-0.2, -0.15) is 5.26 Å². The average Bonchev–Trinajstić information content (AvgIpc) is 3.31. The van der Waals surface area contributed by atoms with E-state index < -0.39 is 17.5 Å². The first-order valence-electron chi connectivity index (χ1n) is 14.4. The van der Waals surface area contributed by atoms with Crippen molar-refractivity contribution in [3.8, 4) is 17.2 Å². The number of hydrogen-bond donors (Lipinski definition) is 1. The van der Waals surface area contributed by atoms with E-state index in [1.54, 1.807) is 24.0 Å². The van der Waals surface area contributed by atoms with Crippen LogP contribution in [0.25, 0.3) is 11.1 Å². The SMILES string of the molecule is CC(O)c1cccc(F)c1-c1c(C#N)c(N2CCC3(CN(C(=O)OC(C)(C)C)C3)C2)nc2c1C[C@H]1C[C@@H]2C1(C)C. The van der Waals surface area contributed by atoms with Crippen LogP contribution in [0.5, 0.6) is 0 Å². The van der Waals surface area contributed by atoms with Crippen molar-refractivity contribution in [2.45, 2.75) is 78.4 Å². The molecule has 7 nitrogen and oxygen atoms in total. The fraction of sp³-hybridized carbons (Fsp3) is 0.594. The Morgan fingerprint density at radius 2 is 1.98 bits per heavy atom. The second-order valence-corrected chi connectivity index (χ2v) is 14.1. The van der Waals surface area contributed by atoms with Crippen molar-refractivity contribution < 1.29 is 19.0 Å². The molecule has 1 saturated carbocycles. The Morgan fingerprint density at radius 3 is 2.60 bits per heavy atom. The zero-order valence-corrected chi connectivity index (χ0v) is 24.3. The van der Waals surface area contributed by atoms with E-state index in [2.05, 4.69) is 24.8 Å². The molecule has 3 fully saturated rings. The molecular formula is C32H39FN4O3. The molecule has 1 aromatic carbocycles. The summed E-state index contributed by atoms with van der Waals surface area (Å²) < 4.78 is 21.2. The predicted octanol–water partition coefficient (Wildman–Crippen LogP) is 5.95. The van der Waals surface area contributed by atoms with Crippen molar-refractivity contribution in [3.63, 3.8) is 0 Å². The van der Waals surface area contributed by atoms with Gasteiger partial charge in [-0.1, -0.05) is 26.0 Å². The van der Waals surface area contributed by atoms with Crippen LogP contribution in [0.4, 0.5) is 15.0 Å². The number of ether oxygens (including phenoxy) is 1. The van der Waals surface area contributed by atoms with E-state index in [0.29, 0.717) is 60.2 Å². The monoisotopic (exact) mass is 546 g/mol. The molecule has 8 heteroatoms. The Labute approximate surface area is 235 Å². The Morgan fingerprint density at radius 1 is 1.25 bits per heavy atom. The number of likely N-dealkylation sites (tertiary alicyclic amines) is 1. The number of anilines is 1. The van der Waals surface area contributed by atoms with Crippen LogP contribution in [0.15, 0.2) is 18.2 Å². The zero-order valence-electron chi connectivity index (χ0n) is 24.3. The Balaban J connectivity index is 1.42. The number of nitrogens with zero attached hydrogens (tertiary/aromatic N) is 4. The molecule has 1 N–H and O–H groups in total. The minimum Gasteiger partial charge on any atom is -0.444 e. The van der Waals surface area contributed by atoms with Crippen molar-refractivity contribution >= 4 is 11.9 Å². The maximum atomic E-state index is 15.7. The largest absolute Gasteiger partial charge is 0.444 e. The molecule has 1 amide bonds. The fourth-order valence-corrected chi connectivity index (χ4v) is 7.55. The van der Waals surface area contributed by atoms with Crippen molar-refractivity contribution in [1.82, 2.24) is 9.88 Å². The van der Waals surface area contributed by atoms with Gasteiger partial charge >= 0.3 is 6.09 Å². The highest BCUT2D eigenvalue weighted by molar-refractivity contribution is 5.83. The van der Waals surface area contributed by atoms with E-state index in [1.807, 2.05) is 20.8 Å². The highest BCUT2D eigenvalue weighted by Gasteiger charge is 2.55. The van der Waals surface area contributed by atoms with E-state index in [0.717, 1.165) is 30.5 Å². The highest BCUT2D eigenvalue weighted by Crippen LogP contribution is 2.63. The minimum atomic E-state index is -0.886. The maximum absolute atomic E-state index is 15.7. The van der Waals surface area contributed by atoms with Crippen LogP contribution < -0.4 is 4.90 Å². The summed E-state index contributed by atoms with van der Waals surface area (Å²) in [6.07, 6.45) is 1.49. The number of pyridine rings is 1. The topological polar surface area (TPSA) is 89.7 Å². The van der Waals surface area contributed by atoms with Gasteiger partial charge in [0.05, 0.1) is 11.8 Å². The fourth-order valence-electron chi connectivity index (χ4n) is 7.55. The number of nitriles is 1. The molecule has 1 unspecified atom stereocenters. The molecule has 7 rings (SSSR count). The first-order chi connectivity index (χ1) is 18.7.